The van der Waals surface area contributed by atoms with E-state index in [1.807, 2.05) is 0 Å². The number of ether oxygens (including phenoxy) is 1. The molecule has 0 spiro atoms. The highest BCUT2D eigenvalue weighted by Gasteiger charge is 2.31. The SMILES string of the molecule is Cc1c(C(=O)Nc2ccc(F)cc2CC(=O)OC(C)(C)C)ccc(N2CCCCC2)c1NC(=O)c1nn(CC(F)(F)F)c2ccccc12. The lowest BCUT2D eigenvalue weighted by Gasteiger charge is -2.31. The highest BCUT2D eigenvalue weighted by molar-refractivity contribution is 6.14. The van der Waals surface area contributed by atoms with Gasteiger partial charge in [0, 0.05) is 29.7 Å². The molecule has 2 heterocycles. The first-order valence-corrected chi connectivity index (χ1v) is 15.6. The number of para-hydroxylation sites is 1. The Morgan fingerprint density at radius 3 is 2.31 bits per heavy atom. The van der Waals surface area contributed by atoms with Gasteiger partial charge in [0.1, 0.15) is 18.0 Å². The Balaban J connectivity index is 1.49. The number of esters is 1. The number of carbonyl (C=O) groups is 3. The average molecular weight is 668 g/mol. The van der Waals surface area contributed by atoms with Gasteiger partial charge in [0.05, 0.1) is 23.3 Å². The molecule has 13 heteroatoms. The van der Waals surface area contributed by atoms with Crippen molar-refractivity contribution in [3.8, 4) is 0 Å². The fourth-order valence-corrected chi connectivity index (χ4v) is 5.81. The van der Waals surface area contributed by atoms with Crippen LogP contribution >= 0.6 is 0 Å². The van der Waals surface area contributed by atoms with Gasteiger partial charge in [0.25, 0.3) is 11.8 Å². The van der Waals surface area contributed by atoms with Crippen molar-refractivity contribution in [2.75, 3.05) is 28.6 Å². The van der Waals surface area contributed by atoms with Crippen LogP contribution in [0.5, 0.6) is 0 Å². The van der Waals surface area contributed by atoms with Gasteiger partial charge in [-0.25, -0.2) is 4.39 Å². The number of alkyl halides is 3. The van der Waals surface area contributed by atoms with Crippen molar-refractivity contribution in [2.45, 2.75) is 71.7 Å². The molecular weight excluding hydrogens is 630 g/mol. The van der Waals surface area contributed by atoms with Gasteiger partial charge in [-0.2, -0.15) is 18.3 Å². The number of nitrogens with zero attached hydrogens (tertiary/aromatic N) is 3. The number of hydrogen-bond acceptors (Lipinski definition) is 6. The first kappa shape index (κ1) is 34.4. The van der Waals surface area contributed by atoms with E-state index < -0.39 is 41.9 Å². The van der Waals surface area contributed by atoms with Crippen molar-refractivity contribution in [3.05, 3.63) is 82.8 Å². The van der Waals surface area contributed by atoms with Crippen LogP contribution in [-0.2, 0) is 22.5 Å². The summed E-state index contributed by atoms with van der Waals surface area (Å²) < 4.78 is 60.4. The minimum absolute atomic E-state index is 0.155. The van der Waals surface area contributed by atoms with Crippen LogP contribution in [-0.4, -0.2) is 52.4 Å². The van der Waals surface area contributed by atoms with Gasteiger partial charge in [0.2, 0.25) is 0 Å². The summed E-state index contributed by atoms with van der Waals surface area (Å²) in [6, 6.07) is 13.2. The molecule has 2 amide bonds. The standard InChI is InChI=1S/C35H37F4N5O4/c1-21-24(32(46)40-26-14-12-23(36)18-22(26)19-29(45)48-34(2,3)4)13-15-28(43-16-8-5-9-17-43)30(21)41-33(47)31-25-10-6-7-11-27(25)44(42-31)20-35(37,38)39/h6-7,10-15,18H,5,8-9,16-17,19-20H2,1-4H3,(H,40,46)(H,41,47). The maximum absolute atomic E-state index is 14.2. The number of anilines is 3. The summed E-state index contributed by atoms with van der Waals surface area (Å²) >= 11 is 0. The number of rotatable bonds is 8. The van der Waals surface area contributed by atoms with Gasteiger partial charge in [0.15, 0.2) is 5.69 Å². The molecule has 4 aromatic rings. The van der Waals surface area contributed by atoms with Crippen molar-refractivity contribution in [1.29, 1.82) is 0 Å². The quantitative estimate of drug-likeness (QED) is 0.150. The summed E-state index contributed by atoms with van der Waals surface area (Å²) in [6.07, 6.45) is -1.95. The number of benzene rings is 3. The Morgan fingerprint density at radius 2 is 1.62 bits per heavy atom. The van der Waals surface area contributed by atoms with E-state index in [0.717, 1.165) is 36.1 Å². The first-order valence-electron chi connectivity index (χ1n) is 15.6. The Bertz CT molecular complexity index is 1860. The molecule has 254 valence electrons. The summed E-state index contributed by atoms with van der Waals surface area (Å²) in [6.45, 7) is 6.84. The van der Waals surface area contributed by atoms with E-state index in [1.54, 1.807) is 52.0 Å². The molecule has 48 heavy (non-hydrogen) atoms. The minimum atomic E-state index is -4.56. The van der Waals surface area contributed by atoms with Crippen LogP contribution < -0.4 is 15.5 Å². The van der Waals surface area contributed by atoms with Crippen molar-refractivity contribution >= 4 is 45.7 Å². The summed E-state index contributed by atoms with van der Waals surface area (Å²) in [7, 11) is 0. The van der Waals surface area contributed by atoms with Crippen molar-refractivity contribution < 1.29 is 36.7 Å². The fourth-order valence-electron chi connectivity index (χ4n) is 5.81. The number of aromatic nitrogens is 2. The van der Waals surface area contributed by atoms with Crippen molar-refractivity contribution in [3.63, 3.8) is 0 Å². The van der Waals surface area contributed by atoms with Crippen LogP contribution in [0.25, 0.3) is 10.9 Å². The zero-order valence-electron chi connectivity index (χ0n) is 27.1. The van der Waals surface area contributed by atoms with Crippen LogP contribution in [0.1, 0.15) is 72.0 Å². The molecule has 1 saturated heterocycles. The molecule has 0 unspecified atom stereocenters. The smallest absolute Gasteiger partial charge is 0.408 e. The van der Waals surface area contributed by atoms with Gasteiger partial charge in [-0.05, 0) is 94.5 Å². The van der Waals surface area contributed by atoms with E-state index >= 15 is 0 Å². The number of carbonyl (C=O) groups excluding carboxylic acids is 3. The molecule has 0 saturated carbocycles. The molecule has 2 N–H and O–H groups in total. The molecule has 1 fully saturated rings. The molecule has 9 nitrogen and oxygen atoms in total. The normalized spacial score (nSPS) is 13.8. The number of fused-ring (bicyclic) bond motifs is 1. The van der Waals surface area contributed by atoms with Crippen LogP contribution in [0.3, 0.4) is 0 Å². The predicted molar refractivity (Wildman–Crippen MR) is 175 cm³/mol. The molecule has 1 aliphatic heterocycles. The predicted octanol–water partition coefficient (Wildman–Crippen LogP) is 7.43. The largest absolute Gasteiger partial charge is 0.460 e. The maximum Gasteiger partial charge on any atom is 0.408 e. The number of nitrogens with one attached hydrogen (secondary N) is 2. The van der Waals surface area contributed by atoms with E-state index in [0.29, 0.717) is 30.0 Å². The second kappa shape index (κ2) is 13.7. The van der Waals surface area contributed by atoms with Crippen LogP contribution in [0.2, 0.25) is 0 Å². The monoisotopic (exact) mass is 667 g/mol. The number of hydrogen-bond donors (Lipinski definition) is 2. The minimum Gasteiger partial charge on any atom is -0.460 e. The Labute approximate surface area is 275 Å². The summed E-state index contributed by atoms with van der Waals surface area (Å²) in [5.74, 6) is -2.50. The lowest BCUT2D eigenvalue weighted by molar-refractivity contribution is -0.154. The molecule has 0 radical (unpaired) electrons. The second-order valence-electron chi connectivity index (χ2n) is 12.8. The Morgan fingerprint density at radius 1 is 0.917 bits per heavy atom. The van der Waals surface area contributed by atoms with E-state index in [-0.39, 0.29) is 39.8 Å². The summed E-state index contributed by atoms with van der Waals surface area (Å²) in [4.78, 5) is 42.1. The van der Waals surface area contributed by atoms with E-state index in [2.05, 4.69) is 20.6 Å². The van der Waals surface area contributed by atoms with Gasteiger partial charge in [-0.1, -0.05) is 18.2 Å². The van der Waals surface area contributed by atoms with Gasteiger partial charge >= 0.3 is 12.1 Å². The van der Waals surface area contributed by atoms with Crippen molar-refractivity contribution in [2.24, 2.45) is 0 Å². The third-order valence-electron chi connectivity index (χ3n) is 7.90. The van der Waals surface area contributed by atoms with Crippen molar-refractivity contribution in [1.82, 2.24) is 9.78 Å². The number of piperidine rings is 1. The molecule has 0 aliphatic carbocycles. The Kier molecular flexibility index (Phi) is 9.79. The van der Waals surface area contributed by atoms with Crippen LogP contribution in [0.4, 0.5) is 34.6 Å². The average Bonchev–Trinajstić information content (AvgIpc) is 3.36. The highest BCUT2D eigenvalue weighted by Crippen LogP contribution is 2.35. The van der Waals surface area contributed by atoms with E-state index in [9.17, 15) is 31.9 Å². The van der Waals surface area contributed by atoms with Crippen LogP contribution in [0.15, 0.2) is 54.6 Å². The topological polar surface area (TPSA) is 106 Å². The van der Waals surface area contributed by atoms with E-state index in [1.165, 1.54) is 18.2 Å². The summed E-state index contributed by atoms with van der Waals surface area (Å²) in [5.41, 5.74) is 1.19. The number of amides is 2. The molecule has 0 bridgehead atoms. The molecular formula is C35H37F4N5O4. The molecule has 5 rings (SSSR count). The zero-order chi connectivity index (χ0) is 34.8. The third kappa shape index (κ3) is 8.12. The van der Waals surface area contributed by atoms with Gasteiger partial charge in [-0.3, -0.25) is 19.1 Å². The molecule has 1 aromatic heterocycles. The molecule has 1 aliphatic rings. The molecule has 3 aromatic carbocycles. The van der Waals surface area contributed by atoms with Gasteiger partial charge in [-0.15, -0.1) is 0 Å². The summed E-state index contributed by atoms with van der Waals surface area (Å²) in [5, 5.41) is 9.91. The van der Waals surface area contributed by atoms with Gasteiger partial charge < -0.3 is 20.3 Å². The highest BCUT2D eigenvalue weighted by atomic mass is 19.4. The zero-order valence-corrected chi connectivity index (χ0v) is 27.1. The van der Waals surface area contributed by atoms with E-state index in [4.69, 9.17) is 4.74 Å². The van der Waals surface area contributed by atoms with Crippen LogP contribution in [0, 0.1) is 12.7 Å². The lowest BCUT2D eigenvalue weighted by atomic mass is 10.0. The Hall–Kier alpha value is -4.94. The maximum atomic E-state index is 14.2. The third-order valence-corrected chi connectivity index (χ3v) is 7.90. The number of halogens is 4. The first-order chi connectivity index (χ1) is 22.6. The second-order valence-corrected chi connectivity index (χ2v) is 12.8. The molecule has 0 atom stereocenters. The lowest BCUT2D eigenvalue weighted by Crippen LogP contribution is -2.31. The fraction of sp³-hybridized carbons (Fsp3) is 0.371.